The monoisotopic (exact) mass is 164 g/mol. The fraction of sp³-hybridized carbons (Fsp3) is 0.250. The fourth-order valence-corrected chi connectivity index (χ4v) is 0.787. The molecule has 0 aromatic heterocycles. The van der Waals surface area contributed by atoms with Crippen LogP contribution in [0.2, 0.25) is 0 Å². The first-order valence-corrected chi connectivity index (χ1v) is 3.58. The van der Waals surface area contributed by atoms with E-state index in [0.717, 1.165) is 11.3 Å². The first-order valence-electron chi connectivity index (χ1n) is 3.58. The third-order valence-electron chi connectivity index (χ3n) is 1.39. The Morgan fingerprint density at radius 2 is 2.00 bits per heavy atom. The molecule has 0 aliphatic heterocycles. The van der Waals surface area contributed by atoms with Crippen molar-refractivity contribution in [2.75, 3.05) is 7.05 Å². The zero-order valence-corrected chi connectivity index (χ0v) is 7.06. The van der Waals surface area contributed by atoms with Crippen molar-refractivity contribution in [3.63, 3.8) is 0 Å². The molecular weight excluding hydrogens is 154 g/mol. The van der Waals surface area contributed by atoms with Crippen LogP contribution in [-0.4, -0.2) is 12.2 Å². The topological polar surface area (TPSA) is 51.0 Å². The molecular formula is C8H10N3O-. The lowest BCUT2D eigenvalue weighted by Crippen LogP contribution is -1.95. The number of benzene rings is 1. The Morgan fingerprint density at radius 3 is 2.58 bits per heavy atom. The summed E-state index contributed by atoms with van der Waals surface area (Å²) >= 11 is 0. The molecule has 4 nitrogen and oxygen atoms in total. The van der Waals surface area contributed by atoms with Gasteiger partial charge in [0.15, 0.2) is 0 Å². The molecule has 0 atom stereocenters. The van der Waals surface area contributed by atoms with Crippen molar-refractivity contribution in [1.82, 2.24) is 5.17 Å². The molecule has 64 valence electrons. The van der Waals surface area contributed by atoms with Gasteiger partial charge in [-0.25, -0.2) is 0 Å². The summed E-state index contributed by atoms with van der Waals surface area (Å²) in [4.78, 5) is 0. The number of aryl methyl sites for hydroxylation is 1. The van der Waals surface area contributed by atoms with Crippen molar-refractivity contribution in [2.45, 2.75) is 6.92 Å². The van der Waals surface area contributed by atoms with Gasteiger partial charge in [-0.1, -0.05) is 23.4 Å². The molecule has 0 N–H and O–H groups in total. The third kappa shape index (κ3) is 2.32. The molecule has 0 aliphatic carbocycles. The predicted molar refractivity (Wildman–Crippen MR) is 46.8 cm³/mol. The average Bonchev–Trinajstić information content (AvgIpc) is 2.03. The molecule has 0 saturated heterocycles. The van der Waals surface area contributed by atoms with Gasteiger partial charge in [-0.15, -0.1) is 5.11 Å². The van der Waals surface area contributed by atoms with E-state index < -0.39 is 0 Å². The van der Waals surface area contributed by atoms with Gasteiger partial charge in [0.05, 0.1) is 5.69 Å². The highest BCUT2D eigenvalue weighted by Crippen LogP contribution is 2.17. The van der Waals surface area contributed by atoms with E-state index in [4.69, 9.17) is 0 Å². The Hall–Kier alpha value is -1.42. The summed E-state index contributed by atoms with van der Waals surface area (Å²) < 4.78 is 0. The quantitative estimate of drug-likeness (QED) is 0.497. The van der Waals surface area contributed by atoms with Gasteiger partial charge in [0.25, 0.3) is 0 Å². The minimum absolute atomic E-state index is 0.423. The van der Waals surface area contributed by atoms with E-state index in [1.165, 1.54) is 7.05 Å². The van der Waals surface area contributed by atoms with Crippen LogP contribution in [0, 0.1) is 12.1 Å². The molecule has 1 rings (SSSR count). The molecule has 0 bridgehead atoms. The van der Waals surface area contributed by atoms with Crippen LogP contribution in [0.4, 0.5) is 5.69 Å². The van der Waals surface area contributed by atoms with Gasteiger partial charge in [-0.3, -0.25) is 0 Å². The molecule has 0 spiro atoms. The number of hydrogen-bond donors (Lipinski definition) is 0. The predicted octanol–water partition coefficient (Wildman–Crippen LogP) is 2.42. The van der Waals surface area contributed by atoms with E-state index in [-0.39, 0.29) is 0 Å². The Morgan fingerprint density at radius 1 is 1.33 bits per heavy atom. The molecule has 1 aromatic rings. The van der Waals surface area contributed by atoms with Crippen molar-refractivity contribution < 1.29 is 0 Å². The lowest BCUT2D eigenvalue weighted by Gasteiger charge is -2.14. The lowest BCUT2D eigenvalue weighted by molar-refractivity contribution is 0.459. The number of hydrogen-bond acceptors (Lipinski definition) is 3. The first kappa shape index (κ1) is 8.67. The Bertz CT molecular complexity index is 283. The summed E-state index contributed by atoms with van der Waals surface area (Å²) in [6, 6.07) is 7.49. The van der Waals surface area contributed by atoms with Gasteiger partial charge < -0.3 is 10.4 Å². The summed E-state index contributed by atoms with van der Waals surface area (Å²) in [5.74, 6) is 0. The van der Waals surface area contributed by atoms with Crippen LogP contribution in [0.25, 0.3) is 0 Å². The normalized spacial score (nSPS) is 10.6. The molecule has 1 aromatic carbocycles. The van der Waals surface area contributed by atoms with Crippen LogP contribution >= 0.6 is 0 Å². The Balaban J connectivity index is 2.82. The van der Waals surface area contributed by atoms with Crippen LogP contribution in [0.5, 0.6) is 0 Å². The maximum atomic E-state index is 10.4. The summed E-state index contributed by atoms with van der Waals surface area (Å²) in [6.07, 6.45) is 0. The van der Waals surface area contributed by atoms with Crippen molar-refractivity contribution in [1.29, 1.82) is 0 Å². The maximum absolute atomic E-state index is 10.4. The van der Waals surface area contributed by atoms with Gasteiger partial charge >= 0.3 is 0 Å². The van der Waals surface area contributed by atoms with E-state index in [0.29, 0.717) is 5.17 Å². The van der Waals surface area contributed by atoms with Gasteiger partial charge in [-0.2, -0.15) is 0 Å². The highest BCUT2D eigenvalue weighted by Gasteiger charge is 1.91. The fourth-order valence-electron chi connectivity index (χ4n) is 0.787. The molecule has 0 heterocycles. The molecule has 0 saturated carbocycles. The summed E-state index contributed by atoms with van der Waals surface area (Å²) in [7, 11) is 1.29. The van der Waals surface area contributed by atoms with Gasteiger partial charge in [-0.05, 0) is 18.6 Å². The SMILES string of the molecule is Cc1ccccc1N=NN(C)[O-]. The molecule has 0 fully saturated rings. The van der Waals surface area contributed by atoms with Gasteiger partial charge in [0.1, 0.15) is 0 Å². The number of nitrogens with zero attached hydrogens (tertiary/aromatic N) is 3. The van der Waals surface area contributed by atoms with Crippen molar-refractivity contribution in [3.8, 4) is 0 Å². The minimum Gasteiger partial charge on any atom is -0.741 e. The first-order chi connectivity index (χ1) is 5.70. The molecule has 0 aliphatic rings. The van der Waals surface area contributed by atoms with Crippen molar-refractivity contribution in [2.24, 2.45) is 10.3 Å². The number of hydroxylamine groups is 1. The largest absolute Gasteiger partial charge is 0.741 e. The van der Waals surface area contributed by atoms with Gasteiger partial charge in [0.2, 0.25) is 0 Å². The number of rotatable bonds is 2. The van der Waals surface area contributed by atoms with E-state index >= 15 is 0 Å². The Kier molecular flexibility index (Phi) is 2.76. The molecule has 0 unspecified atom stereocenters. The maximum Gasteiger partial charge on any atom is 0.0903 e. The molecule has 0 amide bonds. The van der Waals surface area contributed by atoms with Crippen molar-refractivity contribution >= 4 is 5.69 Å². The minimum atomic E-state index is 0.423. The highest BCUT2D eigenvalue weighted by atomic mass is 16.5. The van der Waals surface area contributed by atoms with E-state index in [2.05, 4.69) is 10.3 Å². The zero-order chi connectivity index (χ0) is 8.97. The second-order valence-electron chi connectivity index (χ2n) is 2.44. The van der Waals surface area contributed by atoms with Crippen LogP contribution in [0.15, 0.2) is 34.6 Å². The van der Waals surface area contributed by atoms with Crippen LogP contribution in [0.1, 0.15) is 5.56 Å². The summed E-state index contributed by atoms with van der Waals surface area (Å²) in [6.45, 7) is 1.92. The highest BCUT2D eigenvalue weighted by molar-refractivity contribution is 5.43. The smallest absolute Gasteiger partial charge is 0.0903 e. The molecule has 0 radical (unpaired) electrons. The van der Waals surface area contributed by atoms with Crippen molar-refractivity contribution in [3.05, 3.63) is 35.0 Å². The van der Waals surface area contributed by atoms with Crippen LogP contribution < -0.4 is 0 Å². The Labute approximate surface area is 71.1 Å². The summed E-state index contributed by atoms with van der Waals surface area (Å²) in [5.41, 5.74) is 1.73. The molecule has 12 heavy (non-hydrogen) atoms. The van der Waals surface area contributed by atoms with E-state index in [1.54, 1.807) is 0 Å². The second-order valence-corrected chi connectivity index (χ2v) is 2.44. The zero-order valence-electron chi connectivity index (χ0n) is 7.06. The lowest BCUT2D eigenvalue weighted by atomic mass is 10.2. The second kappa shape index (κ2) is 3.82. The van der Waals surface area contributed by atoms with Gasteiger partial charge in [0, 0.05) is 7.05 Å². The van der Waals surface area contributed by atoms with Crippen LogP contribution in [0.3, 0.4) is 0 Å². The average molecular weight is 164 g/mol. The van der Waals surface area contributed by atoms with E-state index in [1.807, 2.05) is 31.2 Å². The molecule has 4 heteroatoms. The van der Waals surface area contributed by atoms with E-state index in [9.17, 15) is 5.21 Å². The van der Waals surface area contributed by atoms with Crippen LogP contribution in [-0.2, 0) is 0 Å². The third-order valence-corrected chi connectivity index (χ3v) is 1.39. The summed E-state index contributed by atoms with van der Waals surface area (Å²) in [5, 5.41) is 17.9. The standard InChI is InChI=1S/C8H10N3O/c1-7-5-3-4-6-8(7)9-10-11(2)12/h3-6H,1-2H3/q-1.